The summed E-state index contributed by atoms with van der Waals surface area (Å²) in [5.41, 5.74) is 8.30. The van der Waals surface area contributed by atoms with Crippen LogP contribution in [-0.2, 0) is 6.42 Å². The van der Waals surface area contributed by atoms with Crippen LogP contribution in [-0.4, -0.2) is 24.0 Å². The van der Waals surface area contributed by atoms with Gasteiger partial charge in [-0.25, -0.2) is 0 Å². The van der Waals surface area contributed by atoms with Gasteiger partial charge in [-0.2, -0.15) is 0 Å². The van der Waals surface area contributed by atoms with Gasteiger partial charge in [-0.15, -0.1) is 0 Å². The fraction of sp³-hybridized carbons (Fsp3) is 0.571. The summed E-state index contributed by atoms with van der Waals surface area (Å²) in [6.07, 6.45) is 5.72. The van der Waals surface area contributed by atoms with Gasteiger partial charge in [-0.1, -0.05) is 13.8 Å². The van der Waals surface area contributed by atoms with E-state index in [1.165, 1.54) is 11.1 Å². The summed E-state index contributed by atoms with van der Waals surface area (Å²) in [6.45, 7) is 8.05. The maximum Gasteiger partial charge on any atom is 0.188 e. The molecule has 0 aromatic carbocycles. The predicted octanol–water partition coefficient (Wildman–Crippen LogP) is 1.88. The van der Waals surface area contributed by atoms with Crippen molar-refractivity contribution in [2.24, 2.45) is 16.6 Å². The molecule has 3 N–H and O–H groups in total. The van der Waals surface area contributed by atoms with E-state index in [2.05, 4.69) is 36.1 Å². The molecule has 18 heavy (non-hydrogen) atoms. The number of nitrogens with two attached hydrogens (primary N) is 1. The summed E-state index contributed by atoms with van der Waals surface area (Å²) >= 11 is 0. The van der Waals surface area contributed by atoms with E-state index in [-0.39, 0.29) is 0 Å². The second kappa shape index (κ2) is 7.69. The van der Waals surface area contributed by atoms with E-state index in [4.69, 9.17) is 5.73 Å². The van der Waals surface area contributed by atoms with Gasteiger partial charge in [0.2, 0.25) is 0 Å². The smallest absolute Gasteiger partial charge is 0.188 e. The first-order chi connectivity index (χ1) is 8.59. The first-order valence-electron chi connectivity index (χ1n) is 6.53. The average Bonchev–Trinajstić information content (AvgIpc) is 2.31. The number of nitrogens with zero attached hydrogens (tertiary/aromatic N) is 2. The number of guanidine groups is 1. The van der Waals surface area contributed by atoms with Gasteiger partial charge in [0, 0.05) is 25.5 Å². The molecule has 0 atom stereocenters. The largest absolute Gasteiger partial charge is 0.370 e. The molecule has 0 aliphatic rings. The Hall–Kier alpha value is -1.58. The lowest BCUT2D eigenvalue weighted by Crippen LogP contribution is -2.33. The molecule has 0 aliphatic carbocycles. The summed E-state index contributed by atoms with van der Waals surface area (Å²) in [5.74, 6) is 1.21. The van der Waals surface area contributed by atoms with Gasteiger partial charge in [0.15, 0.2) is 5.96 Å². The Morgan fingerprint density at radius 3 is 2.94 bits per heavy atom. The normalized spacial score (nSPS) is 11.9. The minimum absolute atomic E-state index is 0.544. The highest BCUT2D eigenvalue weighted by Crippen LogP contribution is 2.04. The molecule has 1 aromatic heterocycles. The molecule has 4 heteroatoms. The topological polar surface area (TPSA) is 63.3 Å². The van der Waals surface area contributed by atoms with Crippen molar-refractivity contribution in [1.29, 1.82) is 0 Å². The molecule has 1 heterocycles. The lowest BCUT2D eigenvalue weighted by Gasteiger charge is -2.08. The zero-order valence-electron chi connectivity index (χ0n) is 11.6. The molecule has 0 spiro atoms. The lowest BCUT2D eigenvalue weighted by atomic mass is 10.1. The van der Waals surface area contributed by atoms with Crippen LogP contribution in [0.2, 0.25) is 0 Å². The van der Waals surface area contributed by atoms with Crippen LogP contribution in [0.3, 0.4) is 0 Å². The highest BCUT2D eigenvalue weighted by Gasteiger charge is 1.98. The molecular weight excluding hydrogens is 224 g/mol. The molecule has 0 saturated heterocycles. The summed E-state index contributed by atoms with van der Waals surface area (Å²) < 4.78 is 0. The maximum atomic E-state index is 5.79. The Morgan fingerprint density at radius 1 is 1.50 bits per heavy atom. The van der Waals surface area contributed by atoms with E-state index >= 15 is 0 Å². The maximum absolute atomic E-state index is 5.79. The molecule has 0 saturated carbocycles. The number of hydrogen-bond donors (Lipinski definition) is 2. The number of aromatic nitrogens is 1. The van der Waals surface area contributed by atoms with Crippen LogP contribution in [0.5, 0.6) is 0 Å². The summed E-state index contributed by atoms with van der Waals surface area (Å²) in [4.78, 5) is 8.37. The molecule has 0 unspecified atom stereocenters. The van der Waals surface area contributed by atoms with Crippen molar-refractivity contribution in [3.05, 3.63) is 29.6 Å². The van der Waals surface area contributed by atoms with Gasteiger partial charge in [0.05, 0.1) is 0 Å². The molecular formula is C14H24N4. The van der Waals surface area contributed by atoms with Gasteiger partial charge in [0.25, 0.3) is 0 Å². The Labute approximate surface area is 110 Å². The second-order valence-electron chi connectivity index (χ2n) is 4.93. The van der Waals surface area contributed by atoms with Crippen LogP contribution in [0.1, 0.15) is 31.4 Å². The SMILES string of the molecule is Cc1cnccc1CCNC(N)=NCCC(C)C. The van der Waals surface area contributed by atoms with Gasteiger partial charge in [0.1, 0.15) is 0 Å². The second-order valence-corrected chi connectivity index (χ2v) is 4.93. The van der Waals surface area contributed by atoms with E-state index in [1.54, 1.807) is 0 Å². The Balaban J connectivity index is 2.27. The zero-order chi connectivity index (χ0) is 13.4. The summed E-state index contributed by atoms with van der Waals surface area (Å²) in [6, 6.07) is 2.04. The van der Waals surface area contributed by atoms with E-state index in [0.29, 0.717) is 11.9 Å². The highest BCUT2D eigenvalue weighted by molar-refractivity contribution is 5.77. The van der Waals surface area contributed by atoms with Crippen molar-refractivity contribution in [3.63, 3.8) is 0 Å². The summed E-state index contributed by atoms with van der Waals surface area (Å²) in [5, 5.41) is 3.14. The first-order valence-corrected chi connectivity index (χ1v) is 6.53. The van der Waals surface area contributed by atoms with Crippen molar-refractivity contribution >= 4 is 5.96 Å². The molecule has 0 radical (unpaired) electrons. The number of pyridine rings is 1. The molecule has 0 aliphatic heterocycles. The third kappa shape index (κ3) is 5.66. The van der Waals surface area contributed by atoms with Crippen LogP contribution < -0.4 is 11.1 Å². The Bertz CT molecular complexity index is 385. The molecule has 4 nitrogen and oxygen atoms in total. The zero-order valence-corrected chi connectivity index (χ0v) is 11.6. The van der Waals surface area contributed by atoms with Crippen molar-refractivity contribution in [1.82, 2.24) is 10.3 Å². The van der Waals surface area contributed by atoms with E-state index in [0.717, 1.165) is 25.9 Å². The Morgan fingerprint density at radius 2 is 2.28 bits per heavy atom. The minimum Gasteiger partial charge on any atom is -0.370 e. The predicted molar refractivity (Wildman–Crippen MR) is 76.6 cm³/mol. The van der Waals surface area contributed by atoms with Gasteiger partial charge >= 0.3 is 0 Å². The standard InChI is InChI=1S/C14H24N4/c1-11(2)4-8-17-14(15)18-9-6-13-5-7-16-10-12(13)3/h5,7,10-11H,4,6,8-9H2,1-3H3,(H3,15,17,18). The van der Waals surface area contributed by atoms with Crippen LogP contribution in [0.4, 0.5) is 0 Å². The van der Waals surface area contributed by atoms with Crippen molar-refractivity contribution in [2.45, 2.75) is 33.6 Å². The van der Waals surface area contributed by atoms with Crippen LogP contribution >= 0.6 is 0 Å². The average molecular weight is 248 g/mol. The monoisotopic (exact) mass is 248 g/mol. The number of hydrogen-bond acceptors (Lipinski definition) is 2. The van der Waals surface area contributed by atoms with Crippen LogP contribution in [0.25, 0.3) is 0 Å². The van der Waals surface area contributed by atoms with E-state index < -0.39 is 0 Å². The molecule has 0 amide bonds. The third-order valence-electron chi connectivity index (χ3n) is 2.83. The number of aliphatic imine (C=N–C) groups is 1. The number of aryl methyl sites for hydroxylation is 1. The van der Waals surface area contributed by atoms with E-state index in [1.807, 2.05) is 18.5 Å². The molecule has 0 bridgehead atoms. The van der Waals surface area contributed by atoms with Gasteiger partial charge in [-0.05, 0) is 42.9 Å². The third-order valence-corrected chi connectivity index (χ3v) is 2.83. The fourth-order valence-electron chi connectivity index (χ4n) is 1.61. The van der Waals surface area contributed by atoms with Gasteiger partial charge < -0.3 is 11.1 Å². The Kier molecular flexibility index (Phi) is 6.19. The highest BCUT2D eigenvalue weighted by atomic mass is 15.1. The molecule has 1 aromatic rings. The lowest BCUT2D eigenvalue weighted by molar-refractivity contribution is 0.595. The fourth-order valence-corrected chi connectivity index (χ4v) is 1.61. The first kappa shape index (κ1) is 14.5. The molecule has 100 valence electrons. The van der Waals surface area contributed by atoms with Crippen molar-refractivity contribution < 1.29 is 0 Å². The van der Waals surface area contributed by atoms with E-state index in [9.17, 15) is 0 Å². The van der Waals surface area contributed by atoms with Crippen LogP contribution in [0.15, 0.2) is 23.5 Å². The van der Waals surface area contributed by atoms with Gasteiger partial charge in [-0.3, -0.25) is 9.98 Å². The van der Waals surface area contributed by atoms with Crippen molar-refractivity contribution in [3.8, 4) is 0 Å². The number of rotatable bonds is 6. The molecule has 1 rings (SSSR count). The minimum atomic E-state index is 0.544. The van der Waals surface area contributed by atoms with Crippen molar-refractivity contribution in [2.75, 3.05) is 13.1 Å². The summed E-state index contributed by atoms with van der Waals surface area (Å²) in [7, 11) is 0. The number of nitrogens with one attached hydrogen (secondary N) is 1. The molecule has 0 fully saturated rings. The quantitative estimate of drug-likeness (QED) is 0.597. The van der Waals surface area contributed by atoms with Crippen LogP contribution in [0, 0.1) is 12.8 Å².